The summed E-state index contributed by atoms with van der Waals surface area (Å²) < 4.78 is 1.68. The second-order valence-electron chi connectivity index (χ2n) is 4.89. The molecule has 7 heteroatoms. The molecular weight excluding hydrogens is 292 g/mol. The predicted octanol–water partition coefficient (Wildman–Crippen LogP) is 2.03. The first-order chi connectivity index (χ1) is 11.3. The number of nitrogens with one attached hydrogen (secondary N) is 2. The van der Waals surface area contributed by atoms with E-state index in [2.05, 4.69) is 25.8 Å². The van der Waals surface area contributed by atoms with Gasteiger partial charge in [-0.05, 0) is 24.1 Å². The van der Waals surface area contributed by atoms with Gasteiger partial charge in [-0.3, -0.25) is 4.57 Å². The molecule has 0 radical (unpaired) electrons. The summed E-state index contributed by atoms with van der Waals surface area (Å²) >= 11 is 0. The molecule has 0 spiro atoms. The number of benzene rings is 1. The fourth-order valence-electron chi connectivity index (χ4n) is 2.07. The van der Waals surface area contributed by atoms with Crippen LogP contribution in [0.1, 0.15) is 5.56 Å². The van der Waals surface area contributed by atoms with Crippen LogP contribution < -0.4 is 10.6 Å². The molecular formula is C16H16N6O. The van der Waals surface area contributed by atoms with E-state index in [0.717, 1.165) is 6.42 Å². The summed E-state index contributed by atoms with van der Waals surface area (Å²) in [6.45, 7) is 0.571. The van der Waals surface area contributed by atoms with Crippen molar-refractivity contribution in [1.82, 2.24) is 25.1 Å². The van der Waals surface area contributed by atoms with Crippen molar-refractivity contribution in [3.05, 3.63) is 66.9 Å². The Morgan fingerprint density at radius 3 is 2.52 bits per heavy atom. The summed E-state index contributed by atoms with van der Waals surface area (Å²) in [6, 6.07) is 13.3. The zero-order chi connectivity index (χ0) is 15.9. The van der Waals surface area contributed by atoms with Gasteiger partial charge in [0, 0.05) is 6.54 Å². The lowest BCUT2D eigenvalue weighted by molar-refractivity contribution is 0.252. The number of carbonyl (C=O) groups is 1. The summed E-state index contributed by atoms with van der Waals surface area (Å²) in [7, 11) is 0. The number of hydrogen-bond acceptors (Lipinski definition) is 4. The summed E-state index contributed by atoms with van der Waals surface area (Å²) in [4.78, 5) is 16.1. The van der Waals surface area contributed by atoms with E-state index in [4.69, 9.17) is 0 Å². The smallest absolute Gasteiger partial charge is 0.319 e. The van der Waals surface area contributed by atoms with E-state index in [9.17, 15) is 4.79 Å². The molecule has 0 atom stereocenters. The van der Waals surface area contributed by atoms with Crippen LogP contribution in [0.3, 0.4) is 0 Å². The molecule has 0 saturated heterocycles. The molecule has 3 aromatic rings. The average Bonchev–Trinajstić information content (AvgIpc) is 3.11. The van der Waals surface area contributed by atoms with Gasteiger partial charge in [0.15, 0.2) is 0 Å². The van der Waals surface area contributed by atoms with E-state index in [0.29, 0.717) is 18.1 Å². The minimum atomic E-state index is -0.250. The van der Waals surface area contributed by atoms with E-state index in [1.807, 2.05) is 30.3 Å². The number of aromatic nitrogens is 4. The Balaban J connectivity index is 1.48. The summed E-state index contributed by atoms with van der Waals surface area (Å²) in [6.07, 6.45) is 5.50. The van der Waals surface area contributed by atoms with Gasteiger partial charge < -0.3 is 10.6 Å². The first-order valence-electron chi connectivity index (χ1n) is 7.21. The molecule has 116 valence electrons. The van der Waals surface area contributed by atoms with Gasteiger partial charge in [0.1, 0.15) is 18.5 Å². The van der Waals surface area contributed by atoms with Crippen LogP contribution in [-0.4, -0.2) is 32.3 Å². The topological polar surface area (TPSA) is 84.7 Å². The van der Waals surface area contributed by atoms with Crippen LogP contribution in [0.5, 0.6) is 0 Å². The van der Waals surface area contributed by atoms with Crippen molar-refractivity contribution in [3.63, 3.8) is 0 Å². The number of carbonyl (C=O) groups excluding carboxylic acids is 1. The average molecular weight is 308 g/mol. The summed E-state index contributed by atoms with van der Waals surface area (Å²) in [5, 5.41) is 13.0. The van der Waals surface area contributed by atoms with E-state index in [1.165, 1.54) is 5.56 Å². The Hall–Kier alpha value is -3.22. The molecule has 0 saturated carbocycles. The number of anilines is 1. The van der Waals surface area contributed by atoms with E-state index >= 15 is 0 Å². The van der Waals surface area contributed by atoms with Gasteiger partial charge in [0.05, 0.1) is 11.9 Å². The number of nitrogens with zero attached hydrogens (tertiary/aromatic N) is 4. The van der Waals surface area contributed by atoms with Gasteiger partial charge in [0.25, 0.3) is 0 Å². The lowest BCUT2D eigenvalue weighted by Crippen LogP contribution is -2.30. The molecule has 0 bridgehead atoms. The maximum Gasteiger partial charge on any atom is 0.319 e. The highest BCUT2D eigenvalue weighted by Gasteiger charge is 2.03. The van der Waals surface area contributed by atoms with Crippen molar-refractivity contribution >= 4 is 11.7 Å². The Morgan fingerprint density at radius 2 is 1.83 bits per heavy atom. The van der Waals surface area contributed by atoms with Crippen molar-refractivity contribution in [2.24, 2.45) is 0 Å². The zero-order valence-corrected chi connectivity index (χ0v) is 12.4. The first kappa shape index (κ1) is 14.7. The largest absolute Gasteiger partial charge is 0.338 e. The third kappa shape index (κ3) is 4.13. The van der Waals surface area contributed by atoms with Gasteiger partial charge in [-0.15, -0.1) is 10.2 Å². The van der Waals surface area contributed by atoms with Crippen LogP contribution in [0.2, 0.25) is 0 Å². The molecule has 7 nitrogen and oxygen atoms in total. The standard InChI is InChI=1S/C16H16N6O/c23-16(17-9-8-13-4-2-1-3-5-13)21-14-6-7-15(18-10-14)22-11-19-20-12-22/h1-7,10-12H,8-9H2,(H2,17,21,23). The van der Waals surface area contributed by atoms with E-state index < -0.39 is 0 Å². The number of pyridine rings is 1. The van der Waals surface area contributed by atoms with Crippen LogP contribution in [0.25, 0.3) is 5.82 Å². The molecule has 2 N–H and O–H groups in total. The van der Waals surface area contributed by atoms with Gasteiger partial charge in [0.2, 0.25) is 0 Å². The van der Waals surface area contributed by atoms with Crippen molar-refractivity contribution < 1.29 is 4.79 Å². The highest BCUT2D eigenvalue weighted by Crippen LogP contribution is 2.08. The molecule has 3 rings (SSSR count). The van der Waals surface area contributed by atoms with Crippen molar-refractivity contribution in [2.45, 2.75) is 6.42 Å². The second-order valence-corrected chi connectivity index (χ2v) is 4.89. The Labute approximate surface area is 133 Å². The monoisotopic (exact) mass is 308 g/mol. The summed E-state index contributed by atoms with van der Waals surface area (Å²) in [5.74, 6) is 0.685. The summed E-state index contributed by atoms with van der Waals surface area (Å²) in [5.41, 5.74) is 1.81. The second kappa shape index (κ2) is 7.17. The van der Waals surface area contributed by atoms with Crippen LogP contribution >= 0.6 is 0 Å². The van der Waals surface area contributed by atoms with E-state index in [1.54, 1.807) is 35.6 Å². The van der Waals surface area contributed by atoms with Gasteiger partial charge in [-0.25, -0.2) is 9.78 Å². The molecule has 0 fully saturated rings. The SMILES string of the molecule is O=C(NCCc1ccccc1)Nc1ccc(-n2cnnc2)nc1. The minimum Gasteiger partial charge on any atom is -0.338 e. The first-order valence-corrected chi connectivity index (χ1v) is 7.21. The molecule has 2 amide bonds. The quantitative estimate of drug-likeness (QED) is 0.755. The molecule has 2 aromatic heterocycles. The van der Waals surface area contributed by atoms with Crippen molar-refractivity contribution in [3.8, 4) is 5.82 Å². The van der Waals surface area contributed by atoms with Crippen LogP contribution in [0.15, 0.2) is 61.3 Å². The number of hydrogen-bond donors (Lipinski definition) is 2. The lowest BCUT2D eigenvalue weighted by Gasteiger charge is -2.08. The van der Waals surface area contributed by atoms with Gasteiger partial charge >= 0.3 is 6.03 Å². The normalized spacial score (nSPS) is 10.3. The maximum absolute atomic E-state index is 11.8. The third-order valence-corrected chi connectivity index (χ3v) is 3.23. The number of rotatable bonds is 5. The molecule has 0 aliphatic rings. The minimum absolute atomic E-state index is 0.250. The van der Waals surface area contributed by atoms with E-state index in [-0.39, 0.29) is 6.03 Å². The fourth-order valence-corrected chi connectivity index (χ4v) is 2.07. The third-order valence-electron chi connectivity index (χ3n) is 3.23. The molecule has 0 unspecified atom stereocenters. The molecule has 2 heterocycles. The predicted molar refractivity (Wildman–Crippen MR) is 86.3 cm³/mol. The highest BCUT2D eigenvalue weighted by molar-refractivity contribution is 5.89. The molecule has 23 heavy (non-hydrogen) atoms. The number of amides is 2. The van der Waals surface area contributed by atoms with Crippen LogP contribution in [-0.2, 0) is 6.42 Å². The van der Waals surface area contributed by atoms with Crippen molar-refractivity contribution in [2.75, 3.05) is 11.9 Å². The fraction of sp³-hybridized carbons (Fsp3) is 0.125. The molecule has 1 aromatic carbocycles. The Kier molecular flexibility index (Phi) is 4.58. The Bertz CT molecular complexity index is 740. The van der Waals surface area contributed by atoms with Gasteiger partial charge in [-0.2, -0.15) is 0 Å². The Morgan fingerprint density at radius 1 is 1.04 bits per heavy atom. The van der Waals surface area contributed by atoms with Crippen molar-refractivity contribution in [1.29, 1.82) is 0 Å². The lowest BCUT2D eigenvalue weighted by atomic mass is 10.1. The van der Waals surface area contributed by atoms with Gasteiger partial charge in [-0.1, -0.05) is 30.3 Å². The zero-order valence-electron chi connectivity index (χ0n) is 12.4. The highest BCUT2D eigenvalue weighted by atomic mass is 16.2. The van der Waals surface area contributed by atoms with Crippen LogP contribution in [0, 0.1) is 0 Å². The maximum atomic E-state index is 11.8. The van der Waals surface area contributed by atoms with Crippen LogP contribution in [0.4, 0.5) is 10.5 Å². The molecule has 0 aliphatic heterocycles. The molecule has 0 aliphatic carbocycles. The number of urea groups is 1.